The summed E-state index contributed by atoms with van der Waals surface area (Å²) >= 11 is 0. The monoisotopic (exact) mass is 358 g/mol. The Balaban J connectivity index is 0.000000381. The molecule has 0 aliphatic rings. The van der Waals surface area contributed by atoms with Crippen LogP contribution in [0.2, 0.25) is 0 Å². The number of alkyl halides is 3. The van der Waals surface area contributed by atoms with Crippen molar-refractivity contribution in [2.45, 2.75) is 26.1 Å². The van der Waals surface area contributed by atoms with E-state index in [1.165, 1.54) is 0 Å². The Morgan fingerprint density at radius 1 is 1.32 bits per heavy atom. The SMILES string of the molecule is Cc1nccc(-c2cc[n+](CCC(=O)O)nc2)n1.O=C([O-])C(F)(F)F. The summed E-state index contributed by atoms with van der Waals surface area (Å²) < 4.78 is 33.1. The topological polar surface area (TPSA) is 120 Å². The van der Waals surface area contributed by atoms with Gasteiger partial charge in [0.15, 0.2) is 12.7 Å². The molecule has 0 saturated carbocycles. The van der Waals surface area contributed by atoms with Crippen molar-refractivity contribution >= 4 is 11.9 Å². The number of nitrogens with zero attached hydrogens (tertiary/aromatic N) is 4. The quantitative estimate of drug-likeness (QED) is 0.758. The molecule has 1 N–H and O–H groups in total. The highest BCUT2D eigenvalue weighted by atomic mass is 19.4. The van der Waals surface area contributed by atoms with Crippen LogP contribution >= 0.6 is 0 Å². The molecular weight excluding hydrogens is 345 g/mol. The fourth-order valence-electron chi connectivity index (χ4n) is 1.50. The van der Waals surface area contributed by atoms with Crippen LogP contribution in [-0.2, 0) is 16.1 Å². The molecule has 8 nitrogen and oxygen atoms in total. The first-order valence-corrected chi connectivity index (χ1v) is 6.75. The van der Waals surface area contributed by atoms with E-state index in [-0.39, 0.29) is 6.42 Å². The van der Waals surface area contributed by atoms with Crippen molar-refractivity contribution in [1.29, 1.82) is 0 Å². The van der Waals surface area contributed by atoms with E-state index in [1.54, 1.807) is 23.3 Å². The first kappa shape index (κ1) is 19.9. The lowest BCUT2D eigenvalue weighted by Gasteiger charge is -2.03. The lowest BCUT2D eigenvalue weighted by atomic mass is 10.2. The van der Waals surface area contributed by atoms with E-state index in [9.17, 15) is 18.0 Å². The van der Waals surface area contributed by atoms with E-state index in [4.69, 9.17) is 15.0 Å². The average Bonchev–Trinajstić information content (AvgIpc) is 2.53. The number of hydrogen-bond donors (Lipinski definition) is 1. The highest BCUT2D eigenvalue weighted by molar-refractivity contribution is 5.70. The Hall–Kier alpha value is -3.11. The second kappa shape index (κ2) is 8.66. The maximum Gasteiger partial charge on any atom is 0.430 e. The second-order valence-corrected chi connectivity index (χ2v) is 4.60. The standard InChI is InChI=1S/C12H12N4O2.C2HF3O2/c1-9-13-5-2-11(15-9)10-3-6-16(14-8-10)7-4-12(17)18;3-2(4,5)1(6)7/h2-3,5-6,8H,4,7H2,1H3;(H,6,7). The predicted octanol–water partition coefficient (Wildman–Crippen LogP) is -0.0922. The van der Waals surface area contributed by atoms with Gasteiger partial charge in [-0.2, -0.15) is 13.2 Å². The first-order chi connectivity index (χ1) is 11.6. The summed E-state index contributed by atoms with van der Waals surface area (Å²) in [7, 11) is 0. The number of aliphatic carboxylic acids is 2. The van der Waals surface area contributed by atoms with Gasteiger partial charge in [0.05, 0.1) is 5.69 Å². The fraction of sp³-hybridized carbons (Fsp3) is 0.286. The third-order valence-corrected chi connectivity index (χ3v) is 2.63. The number of aromatic nitrogens is 4. The van der Waals surface area contributed by atoms with Crippen molar-refractivity contribution < 1.29 is 37.7 Å². The summed E-state index contributed by atoms with van der Waals surface area (Å²) in [4.78, 5) is 27.5. The molecule has 0 spiro atoms. The van der Waals surface area contributed by atoms with E-state index < -0.39 is 18.1 Å². The molecule has 0 saturated heterocycles. The van der Waals surface area contributed by atoms with Crippen LogP contribution in [0.15, 0.2) is 30.7 Å². The van der Waals surface area contributed by atoms with E-state index in [1.807, 2.05) is 19.1 Å². The van der Waals surface area contributed by atoms with Crippen molar-refractivity contribution in [3.8, 4) is 11.3 Å². The van der Waals surface area contributed by atoms with Gasteiger partial charge in [-0.1, -0.05) is 4.68 Å². The van der Waals surface area contributed by atoms with Crippen molar-refractivity contribution in [2.75, 3.05) is 0 Å². The van der Waals surface area contributed by atoms with Crippen molar-refractivity contribution in [3.05, 3.63) is 36.5 Å². The van der Waals surface area contributed by atoms with Crippen molar-refractivity contribution in [1.82, 2.24) is 15.1 Å². The number of hydrogen-bond acceptors (Lipinski definition) is 6. The molecule has 134 valence electrons. The zero-order chi connectivity index (χ0) is 19.0. The van der Waals surface area contributed by atoms with Gasteiger partial charge < -0.3 is 15.0 Å². The maximum absolute atomic E-state index is 10.5. The van der Waals surface area contributed by atoms with Crippen LogP contribution in [0.1, 0.15) is 12.2 Å². The molecule has 0 amide bonds. The molecule has 0 aliphatic heterocycles. The van der Waals surface area contributed by atoms with Gasteiger partial charge in [-0.25, -0.2) is 9.97 Å². The molecule has 0 fully saturated rings. The van der Waals surface area contributed by atoms with Crippen LogP contribution in [0.5, 0.6) is 0 Å². The number of carbonyl (C=O) groups is 2. The van der Waals surface area contributed by atoms with Crippen LogP contribution in [0.25, 0.3) is 11.3 Å². The summed E-state index contributed by atoms with van der Waals surface area (Å²) in [6.45, 7) is 2.19. The van der Waals surface area contributed by atoms with Gasteiger partial charge in [-0.05, 0) is 18.1 Å². The molecular formula is C14H13F3N4O4. The summed E-state index contributed by atoms with van der Waals surface area (Å²) in [5.74, 6) is -3.14. The largest absolute Gasteiger partial charge is 0.542 e. The Kier molecular flexibility index (Phi) is 6.91. The summed E-state index contributed by atoms with van der Waals surface area (Å²) in [6.07, 6.45) is -0.0217. The molecule has 25 heavy (non-hydrogen) atoms. The van der Waals surface area contributed by atoms with Gasteiger partial charge in [0.25, 0.3) is 0 Å². The number of carboxylic acid groups (broad SMARTS) is 2. The van der Waals surface area contributed by atoms with Crippen LogP contribution in [0, 0.1) is 6.92 Å². The van der Waals surface area contributed by atoms with Crippen molar-refractivity contribution in [2.24, 2.45) is 0 Å². The molecule has 0 unspecified atom stereocenters. The van der Waals surface area contributed by atoms with Gasteiger partial charge >= 0.3 is 12.1 Å². The molecule has 0 aromatic carbocycles. The van der Waals surface area contributed by atoms with Crippen LogP contribution in [0.3, 0.4) is 0 Å². The lowest BCUT2D eigenvalue weighted by Crippen LogP contribution is -2.38. The molecule has 0 radical (unpaired) electrons. The van der Waals surface area contributed by atoms with Gasteiger partial charge in [0, 0.05) is 17.8 Å². The zero-order valence-corrected chi connectivity index (χ0v) is 12.9. The lowest BCUT2D eigenvalue weighted by molar-refractivity contribution is -0.752. The maximum atomic E-state index is 10.5. The average molecular weight is 358 g/mol. The first-order valence-electron chi connectivity index (χ1n) is 6.75. The van der Waals surface area contributed by atoms with E-state index >= 15 is 0 Å². The van der Waals surface area contributed by atoms with Crippen LogP contribution < -0.4 is 9.79 Å². The molecule has 2 heterocycles. The highest BCUT2D eigenvalue weighted by Gasteiger charge is 2.28. The van der Waals surface area contributed by atoms with E-state index in [2.05, 4.69) is 15.1 Å². The Morgan fingerprint density at radius 3 is 2.40 bits per heavy atom. The van der Waals surface area contributed by atoms with E-state index in [0.717, 1.165) is 11.3 Å². The molecule has 0 aliphatic carbocycles. The molecule has 2 aromatic rings. The highest BCUT2D eigenvalue weighted by Crippen LogP contribution is 2.13. The molecule has 2 rings (SSSR count). The fourth-order valence-corrected chi connectivity index (χ4v) is 1.50. The smallest absolute Gasteiger partial charge is 0.430 e. The number of carboxylic acids is 2. The molecule has 11 heteroatoms. The number of halogens is 3. The third-order valence-electron chi connectivity index (χ3n) is 2.63. The minimum absolute atomic E-state index is 0.0592. The van der Waals surface area contributed by atoms with E-state index in [0.29, 0.717) is 12.4 Å². The Morgan fingerprint density at radius 2 is 1.96 bits per heavy atom. The number of aryl methyl sites for hydroxylation is 2. The summed E-state index contributed by atoms with van der Waals surface area (Å²) in [6, 6.07) is 3.67. The number of rotatable bonds is 4. The third kappa shape index (κ3) is 7.33. The number of carbonyl (C=O) groups excluding carboxylic acids is 1. The van der Waals surface area contributed by atoms with Gasteiger partial charge in [0.1, 0.15) is 24.4 Å². The van der Waals surface area contributed by atoms with Gasteiger partial charge in [-0.3, -0.25) is 4.79 Å². The molecule has 0 bridgehead atoms. The van der Waals surface area contributed by atoms with Crippen molar-refractivity contribution in [3.63, 3.8) is 0 Å². The Bertz CT molecular complexity index is 736. The summed E-state index contributed by atoms with van der Waals surface area (Å²) in [5, 5.41) is 21.5. The van der Waals surface area contributed by atoms with Crippen LogP contribution in [-0.4, -0.2) is 38.3 Å². The summed E-state index contributed by atoms with van der Waals surface area (Å²) in [5.41, 5.74) is 1.69. The zero-order valence-electron chi connectivity index (χ0n) is 12.9. The molecule has 0 atom stereocenters. The minimum atomic E-state index is -5.19. The van der Waals surface area contributed by atoms with Gasteiger partial charge in [-0.15, -0.1) is 0 Å². The van der Waals surface area contributed by atoms with Crippen LogP contribution in [0.4, 0.5) is 13.2 Å². The van der Waals surface area contributed by atoms with Gasteiger partial charge in [0.2, 0.25) is 0 Å². The predicted molar refractivity (Wildman–Crippen MR) is 73.5 cm³/mol. The Labute approximate surface area is 139 Å². The molecule has 2 aromatic heterocycles. The second-order valence-electron chi connectivity index (χ2n) is 4.60. The minimum Gasteiger partial charge on any atom is -0.542 e. The normalized spacial score (nSPS) is 10.6.